The molecule has 0 heterocycles. The van der Waals surface area contributed by atoms with Crippen LogP contribution in [0.3, 0.4) is 0 Å². The number of hydrogen-bond acceptors (Lipinski definition) is 4. The largest absolute Gasteiger partial charge is 0.392 e. The van der Waals surface area contributed by atoms with Gasteiger partial charge in [0.05, 0.1) is 22.0 Å². The molecule has 5 heteroatoms. The van der Waals surface area contributed by atoms with Crippen molar-refractivity contribution in [3.8, 4) is 0 Å². The standard InChI is InChI=1S/C14H18O4S/c1-14(2,16)13(10-6-7-11-15)19(17,18)12-8-4-3-5-9-12/h3-10,15-16H,11H2,1-2H3/b7-6+,13-10+. The fourth-order valence-electron chi connectivity index (χ4n) is 1.57. The molecule has 2 N–H and O–H groups in total. The lowest BCUT2D eigenvalue weighted by Gasteiger charge is -2.21. The Bertz CT molecular complexity index is 563. The van der Waals surface area contributed by atoms with Crippen molar-refractivity contribution >= 4 is 9.84 Å². The van der Waals surface area contributed by atoms with E-state index in [9.17, 15) is 13.5 Å². The molecule has 19 heavy (non-hydrogen) atoms. The first kappa shape index (κ1) is 15.6. The zero-order chi connectivity index (χ0) is 14.5. The molecule has 0 radical (unpaired) electrons. The minimum absolute atomic E-state index is 0.115. The monoisotopic (exact) mass is 282 g/mol. The molecule has 104 valence electrons. The number of aliphatic hydroxyl groups excluding tert-OH is 1. The van der Waals surface area contributed by atoms with Crippen molar-refractivity contribution in [1.82, 2.24) is 0 Å². The number of allylic oxidation sites excluding steroid dienone is 2. The number of hydrogen-bond donors (Lipinski definition) is 2. The van der Waals surface area contributed by atoms with Gasteiger partial charge in [-0.15, -0.1) is 0 Å². The summed E-state index contributed by atoms with van der Waals surface area (Å²) in [7, 11) is -3.76. The van der Waals surface area contributed by atoms with Gasteiger partial charge in [0.15, 0.2) is 0 Å². The van der Waals surface area contributed by atoms with E-state index in [1.54, 1.807) is 18.2 Å². The van der Waals surface area contributed by atoms with Crippen LogP contribution in [0.15, 0.2) is 58.4 Å². The van der Waals surface area contributed by atoms with Crippen LogP contribution in [0.5, 0.6) is 0 Å². The molecular formula is C14H18O4S. The van der Waals surface area contributed by atoms with Gasteiger partial charge in [-0.1, -0.05) is 30.4 Å². The third-order valence-electron chi connectivity index (χ3n) is 2.44. The van der Waals surface area contributed by atoms with Crippen LogP contribution in [0.2, 0.25) is 0 Å². The first-order chi connectivity index (χ1) is 8.80. The van der Waals surface area contributed by atoms with E-state index in [4.69, 9.17) is 5.11 Å². The highest BCUT2D eigenvalue weighted by Crippen LogP contribution is 2.28. The van der Waals surface area contributed by atoms with Crippen LogP contribution in [0.4, 0.5) is 0 Å². The summed E-state index contributed by atoms with van der Waals surface area (Å²) in [5.74, 6) is 0. The highest BCUT2D eigenvalue weighted by Gasteiger charge is 2.31. The lowest BCUT2D eigenvalue weighted by atomic mass is 10.1. The van der Waals surface area contributed by atoms with Gasteiger partial charge in [0.2, 0.25) is 9.84 Å². The summed E-state index contributed by atoms with van der Waals surface area (Å²) in [6.45, 7) is 2.62. The van der Waals surface area contributed by atoms with E-state index < -0.39 is 15.4 Å². The van der Waals surface area contributed by atoms with Gasteiger partial charge in [0, 0.05) is 0 Å². The van der Waals surface area contributed by atoms with Gasteiger partial charge in [0.25, 0.3) is 0 Å². The Morgan fingerprint density at radius 2 is 1.84 bits per heavy atom. The highest BCUT2D eigenvalue weighted by molar-refractivity contribution is 7.95. The molecule has 1 rings (SSSR count). The predicted octanol–water partition coefficient (Wildman–Crippen LogP) is 1.66. The van der Waals surface area contributed by atoms with E-state index in [-0.39, 0.29) is 16.4 Å². The number of aliphatic hydroxyl groups is 2. The van der Waals surface area contributed by atoms with Gasteiger partial charge in [0.1, 0.15) is 0 Å². The topological polar surface area (TPSA) is 74.6 Å². The van der Waals surface area contributed by atoms with E-state index in [2.05, 4.69) is 0 Å². The zero-order valence-electron chi connectivity index (χ0n) is 10.9. The maximum atomic E-state index is 12.4. The number of benzene rings is 1. The SMILES string of the molecule is CC(C)(O)/C(=C\C=C\CO)S(=O)(=O)c1ccccc1. The van der Waals surface area contributed by atoms with Crippen molar-refractivity contribution in [2.24, 2.45) is 0 Å². The van der Waals surface area contributed by atoms with Crippen LogP contribution in [-0.2, 0) is 9.84 Å². The average molecular weight is 282 g/mol. The summed E-state index contributed by atoms with van der Waals surface area (Å²) in [6, 6.07) is 7.92. The van der Waals surface area contributed by atoms with E-state index in [0.717, 1.165) is 0 Å². The Labute approximate surface area is 113 Å². The number of rotatable bonds is 5. The van der Waals surface area contributed by atoms with Crippen LogP contribution >= 0.6 is 0 Å². The lowest BCUT2D eigenvalue weighted by Crippen LogP contribution is -2.27. The molecule has 0 aromatic heterocycles. The van der Waals surface area contributed by atoms with Crippen LogP contribution < -0.4 is 0 Å². The molecule has 0 unspecified atom stereocenters. The van der Waals surface area contributed by atoms with Gasteiger partial charge in [-0.2, -0.15) is 0 Å². The van der Waals surface area contributed by atoms with Crippen LogP contribution in [-0.4, -0.2) is 30.8 Å². The van der Waals surface area contributed by atoms with E-state index in [0.29, 0.717) is 0 Å². The second kappa shape index (κ2) is 6.14. The first-order valence-corrected chi connectivity index (χ1v) is 7.29. The second-order valence-corrected chi connectivity index (χ2v) is 6.44. The van der Waals surface area contributed by atoms with E-state index in [1.807, 2.05) is 0 Å². The lowest BCUT2D eigenvalue weighted by molar-refractivity contribution is 0.127. The van der Waals surface area contributed by atoms with Crippen molar-refractivity contribution in [2.45, 2.75) is 24.3 Å². The molecular weight excluding hydrogens is 264 g/mol. The quantitative estimate of drug-likeness (QED) is 0.806. The molecule has 0 aliphatic rings. The Balaban J connectivity index is 3.34. The predicted molar refractivity (Wildman–Crippen MR) is 74.2 cm³/mol. The van der Waals surface area contributed by atoms with Crippen LogP contribution in [0, 0.1) is 0 Å². The Morgan fingerprint density at radius 1 is 1.26 bits per heavy atom. The van der Waals surface area contributed by atoms with E-state index in [1.165, 1.54) is 44.2 Å². The first-order valence-electron chi connectivity index (χ1n) is 5.81. The maximum Gasteiger partial charge on any atom is 0.205 e. The van der Waals surface area contributed by atoms with Gasteiger partial charge < -0.3 is 10.2 Å². The summed E-state index contributed by atoms with van der Waals surface area (Å²) >= 11 is 0. The molecule has 0 spiro atoms. The summed E-state index contributed by atoms with van der Waals surface area (Å²) < 4.78 is 24.9. The van der Waals surface area contributed by atoms with Crippen molar-refractivity contribution in [2.75, 3.05) is 6.61 Å². The molecule has 0 saturated carbocycles. The Kier molecular flexibility index (Phi) is 5.05. The highest BCUT2D eigenvalue weighted by atomic mass is 32.2. The van der Waals surface area contributed by atoms with Crippen molar-refractivity contribution < 1.29 is 18.6 Å². The minimum atomic E-state index is -3.76. The molecule has 1 aromatic carbocycles. The summed E-state index contributed by atoms with van der Waals surface area (Å²) in [6.07, 6.45) is 4.11. The second-order valence-electron chi connectivity index (χ2n) is 4.52. The van der Waals surface area contributed by atoms with E-state index >= 15 is 0 Å². The van der Waals surface area contributed by atoms with Gasteiger partial charge >= 0.3 is 0 Å². The summed E-state index contributed by atoms with van der Waals surface area (Å²) in [4.78, 5) is 0.0108. The van der Waals surface area contributed by atoms with Crippen molar-refractivity contribution in [3.63, 3.8) is 0 Å². The molecule has 0 saturated heterocycles. The van der Waals surface area contributed by atoms with Gasteiger partial charge in [-0.3, -0.25) is 0 Å². The van der Waals surface area contributed by atoms with Crippen LogP contribution in [0.25, 0.3) is 0 Å². The van der Waals surface area contributed by atoms with Gasteiger partial charge in [-0.05, 0) is 32.1 Å². The Morgan fingerprint density at radius 3 is 2.32 bits per heavy atom. The molecule has 4 nitrogen and oxygen atoms in total. The molecule has 0 fully saturated rings. The Hall–Kier alpha value is -1.43. The molecule has 0 atom stereocenters. The molecule has 0 amide bonds. The van der Waals surface area contributed by atoms with Crippen LogP contribution in [0.1, 0.15) is 13.8 Å². The number of sulfone groups is 1. The van der Waals surface area contributed by atoms with Crippen molar-refractivity contribution in [3.05, 3.63) is 53.5 Å². The zero-order valence-corrected chi connectivity index (χ0v) is 11.8. The summed E-state index contributed by atoms with van der Waals surface area (Å²) in [5.41, 5.74) is -1.51. The fourth-order valence-corrected chi connectivity index (χ4v) is 3.25. The molecule has 0 bridgehead atoms. The molecule has 1 aromatic rings. The third kappa shape index (κ3) is 4.02. The molecule has 0 aliphatic heterocycles. The third-order valence-corrected chi connectivity index (χ3v) is 4.54. The maximum absolute atomic E-state index is 12.4. The normalized spacial score (nSPS) is 14.0. The molecule has 0 aliphatic carbocycles. The minimum Gasteiger partial charge on any atom is -0.392 e. The fraction of sp³-hybridized carbons (Fsp3) is 0.286. The smallest absolute Gasteiger partial charge is 0.205 e. The van der Waals surface area contributed by atoms with Gasteiger partial charge in [-0.25, -0.2) is 8.42 Å². The summed E-state index contributed by atoms with van der Waals surface area (Å²) in [5, 5.41) is 18.7. The van der Waals surface area contributed by atoms with Crippen molar-refractivity contribution in [1.29, 1.82) is 0 Å². The average Bonchev–Trinajstić information content (AvgIpc) is 2.34.